The predicted octanol–water partition coefficient (Wildman–Crippen LogP) is 7.52. The van der Waals surface area contributed by atoms with Gasteiger partial charge in [0, 0.05) is 0 Å². The first-order valence-corrected chi connectivity index (χ1v) is 15.4. The quantitative estimate of drug-likeness (QED) is 0.218. The molecule has 0 spiro atoms. The normalized spacial score (nSPS) is 12.6. The number of tetrazole rings is 1. The summed E-state index contributed by atoms with van der Waals surface area (Å²) in [5, 5.41) is 12.7. The topological polar surface area (TPSA) is 89.8 Å². The van der Waals surface area contributed by atoms with Crippen LogP contribution in [-0.2, 0) is 21.3 Å². The van der Waals surface area contributed by atoms with Crippen LogP contribution in [0.1, 0.15) is 141 Å². The summed E-state index contributed by atoms with van der Waals surface area (Å²) in [6, 6.07) is 5.97. The minimum Gasteiger partial charge on any atom is -0.282 e. The smallest absolute Gasteiger partial charge is 0.245 e. The van der Waals surface area contributed by atoms with Crippen LogP contribution < -0.4 is 4.72 Å². The first kappa shape index (κ1) is 30.3. The Balaban J connectivity index is 1.98. The number of hydrogen-bond acceptors (Lipinski definition) is 5. The molecule has 0 aliphatic heterocycles. The Bertz CT molecular complexity index is 1000. The van der Waals surface area contributed by atoms with E-state index in [4.69, 9.17) is 0 Å². The van der Waals surface area contributed by atoms with Crippen molar-refractivity contribution in [2.24, 2.45) is 0 Å². The molecule has 8 heteroatoms. The third-order valence-electron chi connectivity index (χ3n) is 6.98. The summed E-state index contributed by atoms with van der Waals surface area (Å²) in [6.45, 7) is 14.5. The van der Waals surface area contributed by atoms with Gasteiger partial charge in [-0.2, -0.15) is 4.80 Å². The van der Waals surface area contributed by atoms with Crippen molar-refractivity contribution < 1.29 is 8.42 Å². The van der Waals surface area contributed by atoms with Crippen molar-refractivity contribution in [3.63, 3.8) is 0 Å². The van der Waals surface area contributed by atoms with Crippen molar-refractivity contribution >= 4 is 15.7 Å². The molecule has 0 atom stereocenters. The van der Waals surface area contributed by atoms with Gasteiger partial charge in [-0.15, -0.1) is 10.2 Å². The zero-order valence-electron chi connectivity index (χ0n) is 23.7. The SMILES string of the molecule is CCCCCCCCCCCCn1nnc(C(C)(C)S(=O)(=O)Nc2c(C(C)C)cccc2C(C)C)n1. The molecule has 36 heavy (non-hydrogen) atoms. The number of sulfonamides is 1. The Morgan fingerprint density at radius 1 is 0.861 bits per heavy atom. The number of aryl methyl sites for hydroxylation is 1. The molecule has 0 saturated carbocycles. The first-order valence-electron chi connectivity index (χ1n) is 13.9. The van der Waals surface area contributed by atoms with E-state index in [0.717, 1.165) is 24.0 Å². The van der Waals surface area contributed by atoms with Gasteiger partial charge in [0.05, 0.1) is 12.2 Å². The molecule has 0 bridgehead atoms. The molecule has 0 aliphatic rings. The minimum absolute atomic E-state index is 0.185. The average molecular weight is 520 g/mol. The van der Waals surface area contributed by atoms with Gasteiger partial charge in [0.15, 0.2) is 5.82 Å². The highest BCUT2D eigenvalue weighted by Crippen LogP contribution is 2.36. The number of hydrogen-bond donors (Lipinski definition) is 1. The summed E-state index contributed by atoms with van der Waals surface area (Å²) in [6.07, 6.45) is 12.6. The molecule has 0 unspecified atom stereocenters. The average Bonchev–Trinajstić information content (AvgIpc) is 3.29. The second kappa shape index (κ2) is 14.1. The summed E-state index contributed by atoms with van der Waals surface area (Å²) in [5.41, 5.74) is 2.64. The van der Waals surface area contributed by atoms with Gasteiger partial charge < -0.3 is 0 Å². The zero-order valence-corrected chi connectivity index (χ0v) is 24.5. The van der Waals surface area contributed by atoms with Crippen LogP contribution in [0.25, 0.3) is 0 Å². The largest absolute Gasteiger partial charge is 0.282 e. The highest BCUT2D eigenvalue weighted by atomic mass is 32.2. The standard InChI is InChI=1S/C28H49N5O2S/c1-8-9-10-11-12-13-14-15-16-17-21-33-30-27(29-32-33)28(6,7)36(34,35)31-26-24(22(2)3)19-18-20-25(26)23(4)5/h18-20,22-23,31H,8-17,21H2,1-7H3. The van der Waals surface area contributed by atoms with E-state index in [-0.39, 0.29) is 17.7 Å². The van der Waals surface area contributed by atoms with Crippen molar-refractivity contribution in [1.29, 1.82) is 0 Å². The molecule has 0 fully saturated rings. The Kier molecular flexibility index (Phi) is 11.9. The molecule has 7 nitrogen and oxygen atoms in total. The molecule has 1 heterocycles. The van der Waals surface area contributed by atoms with Gasteiger partial charge >= 0.3 is 0 Å². The molecule has 2 rings (SSSR count). The molecule has 1 aromatic heterocycles. The van der Waals surface area contributed by atoms with Gasteiger partial charge in [-0.3, -0.25) is 4.72 Å². The molecule has 0 saturated heterocycles. The third kappa shape index (κ3) is 8.29. The van der Waals surface area contributed by atoms with E-state index in [0.29, 0.717) is 12.2 Å². The summed E-state index contributed by atoms with van der Waals surface area (Å²) in [4.78, 5) is 1.54. The van der Waals surface area contributed by atoms with Crippen LogP contribution in [0.2, 0.25) is 0 Å². The Morgan fingerprint density at radius 3 is 1.86 bits per heavy atom. The van der Waals surface area contributed by atoms with Crippen LogP contribution >= 0.6 is 0 Å². The van der Waals surface area contributed by atoms with Crippen molar-refractivity contribution in [1.82, 2.24) is 20.2 Å². The van der Waals surface area contributed by atoms with Crippen LogP contribution in [-0.4, -0.2) is 28.6 Å². The summed E-state index contributed by atoms with van der Waals surface area (Å²) in [5.74, 6) is 0.587. The Labute approximate surface area is 219 Å². The van der Waals surface area contributed by atoms with Crippen LogP contribution in [0.4, 0.5) is 5.69 Å². The highest BCUT2D eigenvalue weighted by molar-refractivity contribution is 7.93. The molecular formula is C28H49N5O2S. The molecule has 204 valence electrons. The van der Waals surface area contributed by atoms with Crippen LogP contribution in [0, 0.1) is 0 Å². The van der Waals surface area contributed by atoms with Gasteiger partial charge in [-0.25, -0.2) is 8.42 Å². The van der Waals surface area contributed by atoms with E-state index in [2.05, 4.69) is 54.8 Å². The number of nitrogens with zero attached hydrogens (tertiary/aromatic N) is 4. The fourth-order valence-corrected chi connectivity index (χ4v) is 5.45. The lowest BCUT2D eigenvalue weighted by Crippen LogP contribution is -2.36. The monoisotopic (exact) mass is 519 g/mol. The maximum atomic E-state index is 13.6. The second-order valence-corrected chi connectivity index (χ2v) is 13.4. The van der Waals surface area contributed by atoms with Crippen LogP contribution in [0.15, 0.2) is 18.2 Å². The molecule has 1 N–H and O–H groups in total. The van der Waals surface area contributed by atoms with Gasteiger partial charge in [0.25, 0.3) is 0 Å². The number of benzene rings is 1. The first-order chi connectivity index (χ1) is 17.0. The lowest BCUT2D eigenvalue weighted by Gasteiger charge is -2.26. The number of unbranched alkanes of at least 4 members (excludes halogenated alkanes) is 9. The van der Waals surface area contributed by atoms with E-state index in [1.807, 2.05) is 18.2 Å². The van der Waals surface area contributed by atoms with Crippen LogP contribution in [0.3, 0.4) is 0 Å². The van der Waals surface area contributed by atoms with E-state index in [1.165, 1.54) is 51.4 Å². The number of aromatic nitrogens is 4. The van der Waals surface area contributed by atoms with Gasteiger partial charge in [-0.05, 0) is 48.4 Å². The number of anilines is 1. The van der Waals surface area contributed by atoms with Gasteiger partial charge in [0.1, 0.15) is 4.75 Å². The molecule has 0 amide bonds. The van der Waals surface area contributed by atoms with Crippen LogP contribution in [0.5, 0.6) is 0 Å². The fraction of sp³-hybridized carbons (Fsp3) is 0.750. The number of rotatable bonds is 17. The minimum atomic E-state index is -3.84. The number of para-hydroxylation sites is 1. The molecule has 2 aromatic rings. The maximum absolute atomic E-state index is 13.6. The second-order valence-electron chi connectivity index (χ2n) is 11.1. The molecule has 1 aromatic carbocycles. The maximum Gasteiger partial charge on any atom is 0.245 e. The summed E-state index contributed by atoms with van der Waals surface area (Å²) in [7, 11) is -3.84. The summed E-state index contributed by atoms with van der Waals surface area (Å²) < 4.78 is 28.8. The predicted molar refractivity (Wildman–Crippen MR) is 150 cm³/mol. The molecule has 0 aliphatic carbocycles. The Hall–Kier alpha value is -1.96. The highest BCUT2D eigenvalue weighted by Gasteiger charge is 2.41. The van der Waals surface area contributed by atoms with Crippen molar-refractivity contribution in [3.8, 4) is 0 Å². The zero-order chi connectivity index (χ0) is 26.8. The molecule has 0 radical (unpaired) electrons. The van der Waals surface area contributed by atoms with Gasteiger partial charge in [0.2, 0.25) is 10.0 Å². The van der Waals surface area contributed by atoms with E-state index < -0.39 is 14.8 Å². The lowest BCUT2D eigenvalue weighted by atomic mass is 9.93. The number of nitrogens with one attached hydrogen (secondary N) is 1. The summed E-state index contributed by atoms with van der Waals surface area (Å²) >= 11 is 0. The lowest BCUT2D eigenvalue weighted by molar-refractivity contribution is 0.467. The van der Waals surface area contributed by atoms with Crippen molar-refractivity contribution in [3.05, 3.63) is 35.2 Å². The van der Waals surface area contributed by atoms with E-state index in [1.54, 1.807) is 18.6 Å². The van der Waals surface area contributed by atoms with Crippen molar-refractivity contribution in [2.45, 2.75) is 136 Å². The fourth-order valence-electron chi connectivity index (χ4n) is 4.37. The third-order valence-corrected chi connectivity index (χ3v) is 8.98. The van der Waals surface area contributed by atoms with E-state index >= 15 is 0 Å². The Morgan fingerprint density at radius 2 is 1.36 bits per heavy atom. The van der Waals surface area contributed by atoms with E-state index in [9.17, 15) is 8.42 Å². The molecular weight excluding hydrogens is 470 g/mol. The van der Waals surface area contributed by atoms with Crippen molar-refractivity contribution in [2.75, 3.05) is 4.72 Å². The van der Waals surface area contributed by atoms with Gasteiger partial charge in [-0.1, -0.05) is 111 Å².